The molecule has 0 fully saturated rings. The van der Waals surface area contributed by atoms with Crippen LogP contribution in [0.4, 0.5) is 0 Å². The van der Waals surface area contributed by atoms with Crippen molar-refractivity contribution in [1.29, 1.82) is 5.26 Å². The average molecular weight is 234 g/mol. The lowest BCUT2D eigenvalue weighted by Crippen LogP contribution is -2.17. The molecule has 0 heterocycles. The summed E-state index contributed by atoms with van der Waals surface area (Å²) in [5.74, 6) is 1.21. The number of benzene rings is 1. The molecule has 4 heteroatoms. The fraction of sp³-hybridized carbons (Fsp3) is 0.462. The molecule has 1 aromatic carbocycles. The van der Waals surface area contributed by atoms with E-state index in [1.54, 1.807) is 0 Å². The number of para-hydroxylation sites is 1. The van der Waals surface area contributed by atoms with Gasteiger partial charge in [0.25, 0.3) is 0 Å². The predicted molar refractivity (Wildman–Crippen MR) is 65.2 cm³/mol. The van der Waals surface area contributed by atoms with E-state index in [1.165, 1.54) is 0 Å². The highest BCUT2D eigenvalue weighted by Gasteiger charge is 2.02. The summed E-state index contributed by atoms with van der Waals surface area (Å²) in [4.78, 5) is 5.29. The Morgan fingerprint density at radius 1 is 1.35 bits per heavy atom. The van der Waals surface area contributed by atoms with Crippen molar-refractivity contribution in [3.63, 3.8) is 0 Å². The first-order valence-electron chi connectivity index (χ1n) is 5.66. The lowest BCUT2D eigenvalue weighted by Gasteiger charge is -2.11. The number of nitriles is 1. The zero-order valence-electron chi connectivity index (χ0n) is 10.3. The Balaban J connectivity index is 2.43. The summed E-state index contributed by atoms with van der Waals surface area (Å²) in [6.45, 7) is 5.47. The van der Waals surface area contributed by atoms with Crippen LogP contribution in [-0.4, -0.2) is 13.2 Å². The van der Waals surface area contributed by atoms with E-state index in [2.05, 4.69) is 19.3 Å². The molecular weight excluding hydrogens is 216 g/mol. The van der Waals surface area contributed by atoms with Gasteiger partial charge in [-0.25, -0.2) is 0 Å². The highest BCUT2D eigenvalue weighted by molar-refractivity contribution is 5.33. The Morgan fingerprint density at radius 2 is 2.12 bits per heavy atom. The van der Waals surface area contributed by atoms with Crippen molar-refractivity contribution < 1.29 is 9.57 Å². The summed E-state index contributed by atoms with van der Waals surface area (Å²) >= 11 is 0. The summed E-state index contributed by atoms with van der Waals surface area (Å²) < 4.78 is 5.31. The Labute approximate surface area is 102 Å². The van der Waals surface area contributed by atoms with E-state index in [9.17, 15) is 0 Å². The maximum atomic E-state index is 8.48. The molecule has 0 amide bonds. The molecule has 0 radical (unpaired) electrons. The second-order valence-corrected chi connectivity index (χ2v) is 4.08. The average Bonchev–Trinajstić information content (AvgIpc) is 2.33. The van der Waals surface area contributed by atoms with Gasteiger partial charge in [-0.15, -0.1) is 0 Å². The van der Waals surface area contributed by atoms with Crippen LogP contribution in [0.3, 0.4) is 0 Å². The molecule has 4 nitrogen and oxygen atoms in total. The molecule has 1 aromatic rings. The third kappa shape index (κ3) is 5.34. The third-order valence-corrected chi connectivity index (χ3v) is 2.05. The van der Waals surface area contributed by atoms with Gasteiger partial charge < -0.3 is 9.57 Å². The number of hydrogen-bond acceptors (Lipinski definition) is 4. The minimum Gasteiger partial charge on any atom is -0.478 e. The first-order chi connectivity index (χ1) is 8.24. The summed E-state index contributed by atoms with van der Waals surface area (Å²) in [5.41, 5.74) is 3.87. The first-order valence-corrected chi connectivity index (χ1v) is 5.66. The molecule has 0 aromatic heterocycles. The largest absolute Gasteiger partial charge is 0.478 e. The fourth-order valence-corrected chi connectivity index (χ4v) is 1.26. The number of nitrogens with zero attached hydrogens (tertiary/aromatic N) is 1. The van der Waals surface area contributed by atoms with Crippen LogP contribution in [0.5, 0.6) is 5.75 Å². The van der Waals surface area contributed by atoms with Crippen LogP contribution in [-0.2, 0) is 11.4 Å². The second kappa shape index (κ2) is 7.66. The van der Waals surface area contributed by atoms with E-state index in [4.69, 9.17) is 14.8 Å². The van der Waals surface area contributed by atoms with Crippen molar-refractivity contribution in [2.45, 2.75) is 20.4 Å². The summed E-state index contributed by atoms with van der Waals surface area (Å²) in [7, 11) is 0. The van der Waals surface area contributed by atoms with Crippen LogP contribution < -0.4 is 10.2 Å². The van der Waals surface area contributed by atoms with Gasteiger partial charge in [-0.2, -0.15) is 10.7 Å². The van der Waals surface area contributed by atoms with Gasteiger partial charge in [0.1, 0.15) is 11.8 Å². The number of nitrogens with one attached hydrogen (secondary N) is 1. The van der Waals surface area contributed by atoms with Crippen LogP contribution in [0.15, 0.2) is 24.3 Å². The van der Waals surface area contributed by atoms with Crippen molar-refractivity contribution >= 4 is 0 Å². The monoisotopic (exact) mass is 234 g/mol. The molecule has 0 spiro atoms. The van der Waals surface area contributed by atoms with E-state index >= 15 is 0 Å². The van der Waals surface area contributed by atoms with E-state index < -0.39 is 0 Å². The van der Waals surface area contributed by atoms with Crippen molar-refractivity contribution in [1.82, 2.24) is 5.48 Å². The molecule has 0 aliphatic rings. The maximum Gasteiger partial charge on any atom is 0.174 e. The van der Waals surface area contributed by atoms with E-state index in [0.717, 1.165) is 11.3 Å². The predicted octanol–water partition coefficient (Wildman–Crippen LogP) is 2.27. The van der Waals surface area contributed by atoms with Gasteiger partial charge in [-0.05, 0) is 12.0 Å². The van der Waals surface area contributed by atoms with Gasteiger partial charge in [-0.1, -0.05) is 32.0 Å². The molecule has 0 saturated heterocycles. The molecule has 0 saturated carbocycles. The van der Waals surface area contributed by atoms with Gasteiger partial charge in [0.15, 0.2) is 6.61 Å². The minimum atomic E-state index is 0.0594. The zero-order chi connectivity index (χ0) is 12.5. The minimum absolute atomic E-state index is 0.0594. The lowest BCUT2D eigenvalue weighted by molar-refractivity contribution is 0.0193. The highest BCUT2D eigenvalue weighted by atomic mass is 16.6. The van der Waals surface area contributed by atoms with E-state index in [-0.39, 0.29) is 6.61 Å². The molecule has 92 valence electrons. The lowest BCUT2D eigenvalue weighted by atomic mass is 10.2. The molecule has 0 bridgehead atoms. The van der Waals surface area contributed by atoms with Crippen LogP contribution in [0.25, 0.3) is 0 Å². The van der Waals surface area contributed by atoms with Gasteiger partial charge >= 0.3 is 0 Å². The quantitative estimate of drug-likeness (QED) is 0.581. The molecule has 17 heavy (non-hydrogen) atoms. The molecule has 1 rings (SSSR count). The third-order valence-electron chi connectivity index (χ3n) is 2.05. The summed E-state index contributed by atoms with van der Waals surface area (Å²) in [6, 6.07) is 9.55. The van der Waals surface area contributed by atoms with Gasteiger partial charge in [-0.3, -0.25) is 0 Å². The summed E-state index contributed by atoms with van der Waals surface area (Å²) in [6.07, 6.45) is 0. The Morgan fingerprint density at radius 3 is 2.82 bits per heavy atom. The molecule has 0 atom stereocenters. The smallest absolute Gasteiger partial charge is 0.174 e. The molecule has 1 N–H and O–H groups in total. The van der Waals surface area contributed by atoms with Crippen LogP contribution in [0.1, 0.15) is 19.4 Å². The van der Waals surface area contributed by atoms with Gasteiger partial charge in [0.2, 0.25) is 0 Å². The zero-order valence-corrected chi connectivity index (χ0v) is 10.3. The van der Waals surface area contributed by atoms with Crippen molar-refractivity contribution in [2.24, 2.45) is 5.92 Å². The number of hydrogen-bond donors (Lipinski definition) is 1. The molecular formula is C13H18N2O2. The Hall–Kier alpha value is -1.57. The molecule has 0 aliphatic heterocycles. The Kier molecular flexibility index (Phi) is 6.08. The maximum absolute atomic E-state index is 8.48. The summed E-state index contributed by atoms with van der Waals surface area (Å²) in [5, 5.41) is 8.48. The molecule has 0 unspecified atom stereocenters. The first kappa shape index (κ1) is 13.5. The fourth-order valence-electron chi connectivity index (χ4n) is 1.26. The van der Waals surface area contributed by atoms with Crippen LogP contribution >= 0.6 is 0 Å². The van der Waals surface area contributed by atoms with E-state index in [1.807, 2.05) is 30.3 Å². The van der Waals surface area contributed by atoms with Gasteiger partial charge in [0, 0.05) is 12.1 Å². The SMILES string of the molecule is CC(C)CONCc1ccccc1OCC#N. The van der Waals surface area contributed by atoms with Crippen molar-refractivity contribution in [3.05, 3.63) is 29.8 Å². The van der Waals surface area contributed by atoms with Crippen molar-refractivity contribution in [2.75, 3.05) is 13.2 Å². The van der Waals surface area contributed by atoms with Gasteiger partial charge in [0.05, 0.1) is 6.61 Å². The standard InChI is InChI=1S/C13H18N2O2/c1-11(2)10-17-15-9-12-5-3-4-6-13(12)16-8-7-14/h3-6,11,15H,8-10H2,1-2H3. The van der Waals surface area contributed by atoms with Crippen LogP contribution in [0, 0.1) is 17.2 Å². The topological polar surface area (TPSA) is 54.3 Å². The highest BCUT2D eigenvalue weighted by Crippen LogP contribution is 2.17. The number of rotatable bonds is 7. The normalized spacial score (nSPS) is 10.2. The van der Waals surface area contributed by atoms with E-state index in [0.29, 0.717) is 19.1 Å². The Bertz CT molecular complexity index is 372. The van der Waals surface area contributed by atoms with Crippen molar-refractivity contribution in [3.8, 4) is 11.8 Å². The van der Waals surface area contributed by atoms with Crippen LogP contribution in [0.2, 0.25) is 0 Å². The molecule has 0 aliphatic carbocycles. The number of hydroxylamine groups is 1. The second-order valence-electron chi connectivity index (χ2n) is 4.08. The number of ether oxygens (including phenoxy) is 1.